The predicted octanol–water partition coefficient (Wildman–Crippen LogP) is 10.7. The maximum absolute atomic E-state index is 16.0. The number of aromatic nitrogens is 1. The van der Waals surface area contributed by atoms with Crippen LogP contribution in [0.2, 0.25) is 10.0 Å². The number of carbonyl (C=O) groups is 4. The molecule has 6 aromatic rings. The second-order valence-corrected chi connectivity index (χ2v) is 21.3. The number of hydrogen-bond donors (Lipinski definition) is 0. The van der Waals surface area contributed by atoms with E-state index in [2.05, 4.69) is 19.5 Å². The Bertz CT molecular complexity index is 3620. The molecule has 2 aliphatic heterocycles. The fourth-order valence-electron chi connectivity index (χ4n) is 10.0. The van der Waals surface area contributed by atoms with Gasteiger partial charge in [0.25, 0.3) is 21.2 Å². The van der Waals surface area contributed by atoms with Crippen molar-refractivity contribution < 1.29 is 82.1 Å². The molecule has 2 bridgehead atoms. The molecule has 0 N–H and O–H groups in total. The van der Waals surface area contributed by atoms with Crippen LogP contribution in [-0.2, 0) is 50.4 Å². The Kier molecular flexibility index (Phi) is 21.0. The van der Waals surface area contributed by atoms with E-state index in [0.29, 0.717) is 73.3 Å². The summed E-state index contributed by atoms with van der Waals surface area (Å²) in [5.74, 6) is 0.738. The molecule has 89 heavy (non-hydrogen) atoms. The van der Waals surface area contributed by atoms with Gasteiger partial charge in [-0.15, -0.1) is 30.3 Å². The summed E-state index contributed by atoms with van der Waals surface area (Å²) in [6, 6.07) is 27.9. The average molecular weight is 1270 g/mol. The minimum atomic E-state index is -1.20. The van der Waals surface area contributed by atoms with Crippen LogP contribution in [0.5, 0.6) is 34.6 Å². The lowest BCUT2D eigenvalue weighted by Gasteiger charge is -2.50. The quantitative estimate of drug-likeness (QED) is 0.0152. The van der Waals surface area contributed by atoms with Gasteiger partial charge in [0.15, 0.2) is 5.75 Å². The number of ether oxygens (including phenoxy) is 7. The Hall–Kier alpha value is -10.2. The Morgan fingerprint density at radius 1 is 0.640 bits per heavy atom. The van der Waals surface area contributed by atoms with Crippen LogP contribution in [0.1, 0.15) is 64.6 Å². The summed E-state index contributed by atoms with van der Waals surface area (Å²) in [4.78, 5) is 113. The zero-order valence-electron chi connectivity index (χ0n) is 47.7. The van der Waals surface area contributed by atoms with E-state index in [1.54, 1.807) is 72.5 Å². The van der Waals surface area contributed by atoms with Crippen LogP contribution in [-0.4, -0.2) is 117 Å². The second kappa shape index (κ2) is 29.5. The molecule has 2 unspecified atom stereocenters. The maximum atomic E-state index is 16.0. The second-order valence-electron chi connectivity index (χ2n) is 20.5. The molecule has 1 aliphatic carbocycles. The number of pyridine rings is 1. The summed E-state index contributed by atoms with van der Waals surface area (Å²) in [5.41, 5.74) is 4.55. The molecule has 2 fully saturated rings. The average Bonchev–Trinajstić information content (AvgIpc) is 1.84. The number of hydrogen-bond acceptors (Lipinski definition) is 21. The van der Waals surface area contributed by atoms with Gasteiger partial charge in [-0.25, -0.2) is 19.4 Å². The van der Waals surface area contributed by atoms with Crippen LogP contribution >= 0.6 is 23.2 Å². The molecule has 3 amide bonds. The van der Waals surface area contributed by atoms with Gasteiger partial charge in [0.2, 0.25) is 5.88 Å². The predicted molar refractivity (Wildman–Crippen MR) is 313 cm³/mol. The van der Waals surface area contributed by atoms with Crippen molar-refractivity contribution in [2.45, 2.75) is 84.0 Å². The number of rotatable bonds is 27. The van der Waals surface area contributed by atoms with Crippen LogP contribution in [0, 0.1) is 44.2 Å². The highest BCUT2D eigenvalue weighted by atomic mass is 35.5. The molecule has 0 spiro atoms. The van der Waals surface area contributed by atoms with Crippen molar-refractivity contribution in [2.75, 3.05) is 39.5 Å². The Balaban J connectivity index is 0.989. The third kappa shape index (κ3) is 17.3. The lowest BCUT2D eigenvalue weighted by molar-refractivity contribution is -0.763. The zero-order valence-corrected chi connectivity index (χ0v) is 49.2. The third-order valence-electron chi connectivity index (χ3n) is 14.2. The fraction of sp³-hybridized carbons (Fsp3) is 0.317. The summed E-state index contributed by atoms with van der Waals surface area (Å²) in [5, 5.41) is 30.5. The van der Waals surface area contributed by atoms with Gasteiger partial charge in [-0.05, 0) is 139 Å². The molecular weight excluding hydrogens is 1210 g/mol. The minimum absolute atomic E-state index is 0.00776. The largest absolute Gasteiger partial charge is 0.513 e. The van der Waals surface area contributed by atoms with E-state index >= 15 is 4.79 Å². The number of nitrogens with zero attached hydrogens (tertiary/aromatic N) is 7. The van der Waals surface area contributed by atoms with Crippen molar-refractivity contribution in [1.29, 1.82) is 0 Å². The number of carbonyl (C=O) groups excluding carboxylic acids is 4. The van der Waals surface area contributed by atoms with E-state index in [-0.39, 0.29) is 100 Å². The number of benzene rings is 5. The van der Waals surface area contributed by atoms with E-state index in [1.165, 1.54) is 70.6 Å². The van der Waals surface area contributed by atoms with Gasteiger partial charge in [-0.3, -0.25) is 9.69 Å². The van der Waals surface area contributed by atoms with Gasteiger partial charge in [0.05, 0.1) is 35.3 Å². The Morgan fingerprint density at radius 3 is 1.78 bits per heavy atom. The standard InChI is InChI=1S/C60H57Cl2N7O20/c1-37-25-51(61)55(52(62)26-37)81-24-23-80-46-17-13-42(14-18-46)50-30-45-32-64(58(71)87-47-10-3-7-39(27-47)34-84-67(74)75)33-53(66(45)59(72)88-48-11-4-8-40(28-48)35-85-68(76)77)54(50)57(70)65(44-15-16-44)31-43-19-20-63-56(38(43)2)82-21-6-22-83-60(73)89-49-12-5-9-41(29-49)36-86-69(78)79/h3-5,7-14,17-20,25-29,44-45,53H,6,15-16,21-24,30-36H2,1-2H3. The van der Waals surface area contributed by atoms with E-state index in [1.807, 2.05) is 6.92 Å². The number of piperazine rings is 1. The molecule has 1 saturated carbocycles. The topological polar surface area (TPSA) is 313 Å². The molecule has 3 heterocycles. The van der Waals surface area contributed by atoms with E-state index in [9.17, 15) is 44.7 Å². The van der Waals surface area contributed by atoms with Crippen molar-refractivity contribution in [2.24, 2.45) is 0 Å². The zero-order chi connectivity index (χ0) is 63.1. The van der Waals surface area contributed by atoms with E-state index in [4.69, 9.17) is 56.4 Å². The van der Waals surface area contributed by atoms with Crippen LogP contribution in [0.4, 0.5) is 14.4 Å². The molecule has 466 valence electrons. The monoisotopic (exact) mass is 1270 g/mol. The van der Waals surface area contributed by atoms with Crippen molar-refractivity contribution in [3.8, 4) is 34.6 Å². The molecule has 2 atom stereocenters. The smallest absolute Gasteiger partial charge is 0.490 e. The van der Waals surface area contributed by atoms with Crippen molar-refractivity contribution in [1.82, 2.24) is 19.7 Å². The van der Waals surface area contributed by atoms with Crippen LogP contribution in [0.25, 0.3) is 5.57 Å². The minimum Gasteiger partial charge on any atom is -0.490 e. The first-order valence-electron chi connectivity index (χ1n) is 27.7. The lowest BCUT2D eigenvalue weighted by atomic mass is 9.81. The number of amides is 3. The number of fused-ring (bicyclic) bond motifs is 2. The van der Waals surface area contributed by atoms with Gasteiger partial charge in [-0.2, -0.15) is 0 Å². The van der Waals surface area contributed by atoms with Crippen LogP contribution in [0.15, 0.2) is 127 Å². The van der Waals surface area contributed by atoms with Crippen molar-refractivity contribution in [3.63, 3.8) is 0 Å². The first-order valence-corrected chi connectivity index (χ1v) is 28.4. The summed E-state index contributed by atoms with van der Waals surface area (Å²) >= 11 is 12.8. The normalized spacial score (nSPS) is 15.0. The summed E-state index contributed by atoms with van der Waals surface area (Å²) < 4.78 is 40.3. The maximum Gasteiger partial charge on any atom is 0.513 e. The van der Waals surface area contributed by atoms with Gasteiger partial charge in [0, 0.05) is 49.4 Å². The van der Waals surface area contributed by atoms with Crippen molar-refractivity contribution in [3.05, 3.63) is 206 Å². The summed E-state index contributed by atoms with van der Waals surface area (Å²) in [7, 11) is 0. The van der Waals surface area contributed by atoms with Crippen LogP contribution in [0.3, 0.4) is 0 Å². The number of halogens is 2. The highest BCUT2D eigenvalue weighted by Crippen LogP contribution is 2.43. The summed E-state index contributed by atoms with van der Waals surface area (Å²) in [6.45, 7) is 2.27. The van der Waals surface area contributed by atoms with Gasteiger partial charge in [-0.1, -0.05) is 71.7 Å². The molecule has 0 radical (unpaired) electrons. The van der Waals surface area contributed by atoms with E-state index in [0.717, 1.165) is 5.56 Å². The molecule has 27 nitrogen and oxygen atoms in total. The third-order valence-corrected chi connectivity index (χ3v) is 14.8. The highest BCUT2D eigenvalue weighted by molar-refractivity contribution is 6.37. The molecule has 5 aromatic carbocycles. The molecule has 3 aliphatic rings. The van der Waals surface area contributed by atoms with Gasteiger partial charge in [0.1, 0.15) is 56.0 Å². The lowest BCUT2D eigenvalue weighted by Crippen LogP contribution is -2.66. The van der Waals surface area contributed by atoms with Gasteiger partial charge >= 0.3 is 18.3 Å². The Labute approximate surface area is 517 Å². The summed E-state index contributed by atoms with van der Waals surface area (Å²) in [6.07, 6.45) is 0.310. The molecule has 1 saturated heterocycles. The molecule has 9 rings (SSSR count). The SMILES string of the molecule is Cc1cc(Cl)c(OCCOc2ccc(C3=C(C(=O)N(Cc4ccnc(OCCCOC(=O)Oc5cccc(CO[N+](=O)[O-])c5)c4C)C4CC4)C4CN(C(=O)Oc5cccc(CO[N+](=O)[O-])c5)CC(C3)N4C(=O)Oc3cccc(CO[N+](=O)[O-])c3)cc2)c(Cl)c1. The Morgan fingerprint density at radius 2 is 1.20 bits per heavy atom. The molecular formula is C60H57Cl2N7O20. The van der Waals surface area contributed by atoms with Crippen LogP contribution < -0.4 is 28.4 Å². The number of aryl methyl sites for hydroxylation is 1. The first-order chi connectivity index (χ1) is 42.8. The van der Waals surface area contributed by atoms with E-state index < -0.39 is 64.8 Å². The van der Waals surface area contributed by atoms with Gasteiger partial charge < -0.3 is 57.5 Å². The molecule has 1 aromatic heterocycles. The highest BCUT2D eigenvalue weighted by Gasteiger charge is 2.50. The fourth-order valence-corrected chi connectivity index (χ4v) is 10.7. The molecule has 29 heteroatoms. The first kappa shape index (κ1) is 63.4. The van der Waals surface area contributed by atoms with Crippen molar-refractivity contribution >= 4 is 53.0 Å².